The molecule has 4 heterocycles. The van der Waals surface area contributed by atoms with Gasteiger partial charge in [-0.25, -0.2) is 4.39 Å². The van der Waals surface area contributed by atoms with Gasteiger partial charge in [0.15, 0.2) is 0 Å². The number of anilines is 2. The average Bonchev–Trinajstić information content (AvgIpc) is 3.43. The molecule has 1 aromatic heterocycles. The van der Waals surface area contributed by atoms with E-state index in [1.54, 1.807) is 6.08 Å². The van der Waals surface area contributed by atoms with Crippen LogP contribution in [0.25, 0.3) is 11.6 Å². The van der Waals surface area contributed by atoms with Gasteiger partial charge in [-0.3, -0.25) is 9.59 Å². The van der Waals surface area contributed by atoms with E-state index in [2.05, 4.69) is 15.2 Å². The fourth-order valence-electron chi connectivity index (χ4n) is 4.81. The number of carbonyl (C=O) groups excluding carboxylic acids is 2. The van der Waals surface area contributed by atoms with Crippen molar-refractivity contribution < 1.29 is 14.0 Å². The number of hydrogen-bond acceptors (Lipinski definition) is 4. The number of hydrogen-bond donors (Lipinski definition) is 3. The molecule has 1 aromatic carbocycles. The maximum absolute atomic E-state index is 14.0. The lowest BCUT2D eigenvalue weighted by atomic mass is 10.0. The summed E-state index contributed by atoms with van der Waals surface area (Å²) in [5, 5.41) is 2.73. The number of likely N-dealkylation sites (tertiary alicyclic amines) is 1. The molecular weight excluding hydrogens is 397 g/mol. The highest BCUT2D eigenvalue weighted by Gasteiger charge is 2.31. The van der Waals surface area contributed by atoms with Crippen LogP contribution >= 0.6 is 0 Å². The second kappa shape index (κ2) is 7.53. The van der Waals surface area contributed by atoms with E-state index < -0.39 is 5.82 Å². The number of H-pyrrole nitrogens is 1. The second-order valence-electron chi connectivity index (χ2n) is 8.54. The first kappa shape index (κ1) is 19.8. The minimum Gasteiger partial charge on any atom is -0.396 e. The molecule has 4 N–H and O–H groups in total. The Labute approximate surface area is 180 Å². The summed E-state index contributed by atoms with van der Waals surface area (Å²) < 4.78 is 14.0. The standard InChI is InChI=1S/C23H26FN5O2/c1-13-19(11-15-14-10-16(24)17(25)12-20(14)27-22(15)30)26-18-4-7-29(23(31)21(13)18)9-8-28-5-2-3-6-28/h10-12,26H,2-9,25H2,1H3,(H,27,30)/b15-11-. The summed E-state index contributed by atoms with van der Waals surface area (Å²) in [7, 11) is 0. The van der Waals surface area contributed by atoms with Crippen LogP contribution in [-0.4, -0.2) is 59.3 Å². The number of rotatable bonds is 4. The zero-order valence-electron chi connectivity index (χ0n) is 17.6. The molecule has 1 fully saturated rings. The molecule has 5 rings (SSSR count). The second-order valence-corrected chi connectivity index (χ2v) is 8.54. The minimum absolute atomic E-state index is 0.00793. The molecule has 3 aliphatic heterocycles. The fourth-order valence-corrected chi connectivity index (χ4v) is 4.81. The van der Waals surface area contributed by atoms with E-state index >= 15 is 0 Å². The first-order chi connectivity index (χ1) is 14.9. The minimum atomic E-state index is -0.563. The van der Waals surface area contributed by atoms with Crippen LogP contribution in [0.4, 0.5) is 15.8 Å². The first-order valence-electron chi connectivity index (χ1n) is 10.8. The molecule has 0 saturated carbocycles. The molecule has 2 aromatic rings. The van der Waals surface area contributed by atoms with Gasteiger partial charge < -0.3 is 25.8 Å². The number of nitrogen functional groups attached to an aromatic ring is 1. The van der Waals surface area contributed by atoms with Crippen molar-refractivity contribution in [3.8, 4) is 0 Å². The monoisotopic (exact) mass is 423 g/mol. The van der Waals surface area contributed by atoms with Crippen LogP contribution < -0.4 is 11.1 Å². The average molecular weight is 423 g/mol. The fraction of sp³-hybridized carbons (Fsp3) is 0.391. The summed E-state index contributed by atoms with van der Waals surface area (Å²) in [6.45, 7) is 6.45. The number of nitrogens with two attached hydrogens (primary N) is 1. The number of nitrogens with one attached hydrogen (secondary N) is 2. The SMILES string of the molecule is Cc1c(/C=C2\C(=O)Nc3cc(N)c(F)cc32)[nH]c2c1C(=O)N(CCN1CCCC1)CC2. The van der Waals surface area contributed by atoms with Crippen LogP contribution in [-0.2, 0) is 11.2 Å². The number of halogens is 1. The van der Waals surface area contributed by atoms with E-state index in [1.165, 1.54) is 25.0 Å². The lowest BCUT2D eigenvalue weighted by Gasteiger charge is -2.29. The Kier molecular flexibility index (Phi) is 4.81. The molecule has 0 aliphatic carbocycles. The molecule has 0 bridgehead atoms. The Morgan fingerprint density at radius 2 is 1.94 bits per heavy atom. The van der Waals surface area contributed by atoms with Gasteiger partial charge >= 0.3 is 0 Å². The lowest BCUT2D eigenvalue weighted by Crippen LogP contribution is -2.42. The summed E-state index contributed by atoms with van der Waals surface area (Å²) in [6.07, 6.45) is 4.92. The van der Waals surface area contributed by atoms with Gasteiger partial charge in [0.05, 0.1) is 22.5 Å². The third kappa shape index (κ3) is 3.40. The van der Waals surface area contributed by atoms with E-state index in [-0.39, 0.29) is 17.5 Å². The van der Waals surface area contributed by atoms with Crippen LogP contribution in [0.1, 0.15) is 45.7 Å². The zero-order chi connectivity index (χ0) is 21.7. The van der Waals surface area contributed by atoms with Crippen molar-refractivity contribution in [2.24, 2.45) is 0 Å². The Bertz CT molecular complexity index is 1110. The Morgan fingerprint density at radius 3 is 2.71 bits per heavy atom. The van der Waals surface area contributed by atoms with Gasteiger partial charge in [0, 0.05) is 43.0 Å². The zero-order valence-corrected chi connectivity index (χ0v) is 17.6. The summed E-state index contributed by atoms with van der Waals surface area (Å²) in [6, 6.07) is 2.70. The summed E-state index contributed by atoms with van der Waals surface area (Å²) in [5.41, 5.74) is 10.1. The first-order valence-corrected chi connectivity index (χ1v) is 10.8. The molecule has 7 nitrogen and oxygen atoms in total. The Balaban J connectivity index is 1.42. The van der Waals surface area contributed by atoms with Gasteiger partial charge in [-0.2, -0.15) is 0 Å². The number of fused-ring (bicyclic) bond motifs is 2. The largest absolute Gasteiger partial charge is 0.396 e. The van der Waals surface area contributed by atoms with Crippen molar-refractivity contribution >= 4 is 34.8 Å². The van der Waals surface area contributed by atoms with Gasteiger partial charge in [0.1, 0.15) is 5.82 Å². The van der Waals surface area contributed by atoms with Crippen LogP contribution in [0.2, 0.25) is 0 Å². The van der Waals surface area contributed by atoms with Crippen LogP contribution in [0.15, 0.2) is 12.1 Å². The highest BCUT2D eigenvalue weighted by Crippen LogP contribution is 2.36. The molecule has 1 saturated heterocycles. The van der Waals surface area contributed by atoms with E-state index in [1.807, 2.05) is 11.8 Å². The maximum Gasteiger partial charge on any atom is 0.256 e. The molecule has 8 heteroatoms. The summed E-state index contributed by atoms with van der Waals surface area (Å²) in [5.74, 6) is -0.841. The van der Waals surface area contributed by atoms with Crippen molar-refractivity contribution in [1.82, 2.24) is 14.8 Å². The topological polar surface area (TPSA) is 94.5 Å². The summed E-state index contributed by atoms with van der Waals surface area (Å²) in [4.78, 5) is 33.3. The van der Waals surface area contributed by atoms with Gasteiger partial charge in [-0.1, -0.05) is 0 Å². The van der Waals surface area contributed by atoms with E-state index in [0.29, 0.717) is 34.6 Å². The van der Waals surface area contributed by atoms with E-state index in [0.717, 1.165) is 43.9 Å². The van der Waals surface area contributed by atoms with Gasteiger partial charge in [-0.15, -0.1) is 0 Å². The molecule has 31 heavy (non-hydrogen) atoms. The van der Waals surface area contributed by atoms with Gasteiger partial charge in [0.25, 0.3) is 11.8 Å². The van der Waals surface area contributed by atoms with Crippen molar-refractivity contribution in [2.45, 2.75) is 26.2 Å². The molecule has 0 spiro atoms. The normalized spacial score (nSPS) is 19.8. The van der Waals surface area contributed by atoms with E-state index in [9.17, 15) is 14.0 Å². The van der Waals surface area contributed by atoms with Gasteiger partial charge in [0.2, 0.25) is 0 Å². The van der Waals surface area contributed by atoms with Crippen LogP contribution in [0.5, 0.6) is 0 Å². The third-order valence-corrected chi connectivity index (χ3v) is 6.59. The van der Waals surface area contributed by atoms with Crippen molar-refractivity contribution in [2.75, 3.05) is 43.8 Å². The maximum atomic E-state index is 14.0. The molecule has 3 aliphatic rings. The number of benzene rings is 1. The highest BCUT2D eigenvalue weighted by molar-refractivity contribution is 6.35. The molecule has 0 radical (unpaired) electrons. The van der Waals surface area contributed by atoms with Crippen LogP contribution in [0, 0.1) is 12.7 Å². The van der Waals surface area contributed by atoms with Crippen LogP contribution in [0.3, 0.4) is 0 Å². The van der Waals surface area contributed by atoms with E-state index in [4.69, 9.17) is 5.73 Å². The number of aromatic amines is 1. The third-order valence-electron chi connectivity index (χ3n) is 6.59. The molecule has 162 valence electrons. The summed E-state index contributed by atoms with van der Waals surface area (Å²) >= 11 is 0. The van der Waals surface area contributed by atoms with Crippen molar-refractivity contribution in [3.05, 3.63) is 46.0 Å². The number of nitrogens with zero attached hydrogens (tertiary/aromatic N) is 2. The molecular formula is C23H26FN5O2. The highest BCUT2D eigenvalue weighted by atomic mass is 19.1. The number of carbonyl (C=O) groups is 2. The predicted octanol–water partition coefficient (Wildman–Crippen LogP) is 2.63. The molecule has 0 unspecified atom stereocenters. The Morgan fingerprint density at radius 1 is 1.16 bits per heavy atom. The van der Waals surface area contributed by atoms with Crippen molar-refractivity contribution in [1.29, 1.82) is 0 Å². The number of amides is 2. The predicted molar refractivity (Wildman–Crippen MR) is 118 cm³/mol. The number of aromatic nitrogens is 1. The molecule has 0 atom stereocenters. The quantitative estimate of drug-likeness (QED) is 0.521. The smallest absolute Gasteiger partial charge is 0.256 e. The lowest BCUT2D eigenvalue weighted by molar-refractivity contribution is -0.110. The molecule has 2 amide bonds. The Hall–Kier alpha value is -3.13. The van der Waals surface area contributed by atoms with Crippen molar-refractivity contribution in [3.63, 3.8) is 0 Å². The van der Waals surface area contributed by atoms with Gasteiger partial charge in [-0.05, 0) is 56.6 Å².